The van der Waals surface area contributed by atoms with Gasteiger partial charge in [0, 0.05) is 27.3 Å². The lowest BCUT2D eigenvalue weighted by atomic mass is 10.5. The molecule has 1 N–H and O–H groups in total. The van der Waals surface area contributed by atoms with Crippen molar-refractivity contribution in [3.63, 3.8) is 0 Å². The summed E-state index contributed by atoms with van der Waals surface area (Å²) in [4.78, 5) is 10.7. The highest BCUT2D eigenvalue weighted by molar-refractivity contribution is 7.89. The van der Waals surface area contributed by atoms with Crippen molar-refractivity contribution < 1.29 is 27.8 Å². The molecule has 0 aliphatic heterocycles. The summed E-state index contributed by atoms with van der Waals surface area (Å²) in [6.07, 6.45) is 0. The van der Waals surface area contributed by atoms with Gasteiger partial charge in [-0.3, -0.25) is 0 Å². The molecule has 0 aliphatic rings. The minimum atomic E-state index is -3.87. The fourth-order valence-electron chi connectivity index (χ4n) is 1.53. The Morgan fingerprint density at radius 2 is 1.85 bits per heavy atom. The third-order valence-corrected chi connectivity index (χ3v) is 5.50. The molecule has 1 aromatic heterocycles. The fraction of sp³-hybridized carbons (Fsp3) is 0.545. The molecule has 0 radical (unpaired) electrons. The quantitative estimate of drug-likeness (QED) is 0.720. The van der Waals surface area contributed by atoms with Crippen LogP contribution in [0.5, 0.6) is 0 Å². The van der Waals surface area contributed by atoms with E-state index >= 15 is 0 Å². The van der Waals surface area contributed by atoms with Crippen LogP contribution >= 0.6 is 11.3 Å². The van der Waals surface area contributed by atoms with Gasteiger partial charge in [-0.05, 0) is 11.4 Å². The van der Waals surface area contributed by atoms with Crippen LogP contribution in [-0.4, -0.2) is 64.3 Å². The number of carbonyl (C=O) groups is 1. The second-order valence-electron chi connectivity index (χ2n) is 3.81. The maximum absolute atomic E-state index is 12.5. The van der Waals surface area contributed by atoms with E-state index in [4.69, 9.17) is 14.6 Å². The van der Waals surface area contributed by atoms with Gasteiger partial charge in [0.15, 0.2) is 0 Å². The first-order chi connectivity index (χ1) is 9.45. The Kier molecular flexibility index (Phi) is 6.56. The van der Waals surface area contributed by atoms with E-state index in [1.807, 2.05) is 0 Å². The number of carboxylic acid groups (broad SMARTS) is 1. The minimum Gasteiger partial charge on any atom is -0.477 e. The molecule has 0 spiro atoms. The monoisotopic (exact) mass is 323 g/mol. The Morgan fingerprint density at radius 3 is 2.30 bits per heavy atom. The van der Waals surface area contributed by atoms with Crippen molar-refractivity contribution in [2.75, 3.05) is 40.5 Å². The van der Waals surface area contributed by atoms with Crippen LogP contribution in [0.1, 0.15) is 9.67 Å². The van der Waals surface area contributed by atoms with E-state index in [-0.39, 0.29) is 36.1 Å². The Balaban J connectivity index is 3.07. The number of thiophene rings is 1. The summed E-state index contributed by atoms with van der Waals surface area (Å²) >= 11 is 0.882. The standard InChI is InChI=1S/C11H17NO6S2/c1-17-6-4-12(5-7-18-2)20(15,16)9-3-8-19-10(9)11(13)14/h3,8H,4-7H2,1-2H3,(H,13,14). The normalized spacial score (nSPS) is 11.9. The number of hydrogen-bond donors (Lipinski definition) is 1. The maximum atomic E-state index is 12.5. The van der Waals surface area contributed by atoms with Gasteiger partial charge in [0.2, 0.25) is 10.0 Å². The molecule has 0 saturated carbocycles. The molecule has 1 heterocycles. The summed E-state index contributed by atoms with van der Waals surface area (Å²) in [6.45, 7) is 0.708. The number of carboxylic acids is 1. The molecule has 7 nitrogen and oxygen atoms in total. The summed E-state index contributed by atoms with van der Waals surface area (Å²) in [6, 6.07) is 1.30. The smallest absolute Gasteiger partial charge is 0.347 e. The Bertz CT molecular complexity index is 531. The zero-order valence-electron chi connectivity index (χ0n) is 11.2. The topological polar surface area (TPSA) is 93.1 Å². The number of ether oxygens (including phenoxy) is 2. The van der Waals surface area contributed by atoms with Gasteiger partial charge in [-0.25, -0.2) is 13.2 Å². The van der Waals surface area contributed by atoms with E-state index in [1.54, 1.807) is 0 Å². The lowest BCUT2D eigenvalue weighted by Crippen LogP contribution is -2.36. The first-order valence-electron chi connectivity index (χ1n) is 5.74. The van der Waals surface area contributed by atoms with Crippen LogP contribution in [0.2, 0.25) is 0 Å². The Morgan fingerprint density at radius 1 is 1.30 bits per heavy atom. The Labute approximate surface area is 121 Å². The summed E-state index contributed by atoms with van der Waals surface area (Å²) < 4.78 is 35.9. The Hall–Kier alpha value is -1.00. The average molecular weight is 323 g/mol. The molecule has 0 saturated heterocycles. The SMILES string of the molecule is COCCN(CCOC)S(=O)(=O)c1ccsc1C(=O)O. The lowest BCUT2D eigenvalue weighted by Gasteiger charge is -2.21. The van der Waals surface area contributed by atoms with Crippen LogP contribution in [0.4, 0.5) is 0 Å². The van der Waals surface area contributed by atoms with Crippen LogP contribution in [0.3, 0.4) is 0 Å². The molecule has 0 bridgehead atoms. The van der Waals surface area contributed by atoms with Crippen LogP contribution < -0.4 is 0 Å². The molecule has 0 aliphatic carbocycles. The number of hydrogen-bond acceptors (Lipinski definition) is 6. The molecular weight excluding hydrogens is 306 g/mol. The average Bonchev–Trinajstić information content (AvgIpc) is 2.88. The first kappa shape index (κ1) is 17.1. The van der Waals surface area contributed by atoms with Crippen molar-refractivity contribution in [2.45, 2.75) is 4.90 Å². The van der Waals surface area contributed by atoms with E-state index < -0.39 is 16.0 Å². The molecule has 0 fully saturated rings. The van der Waals surface area contributed by atoms with Crippen molar-refractivity contribution in [1.82, 2.24) is 4.31 Å². The van der Waals surface area contributed by atoms with E-state index in [0.29, 0.717) is 0 Å². The van der Waals surface area contributed by atoms with E-state index in [0.717, 1.165) is 15.6 Å². The highest BCUT2D eigenvalue weighted by Gasteiger charge is 2.29. The molecule has 0 aromatic carbocycles. The maximum Gasteiger partial charge on any atom is 0.347 e. The zero-order valence-corrected chi connectivity index (χ0v) is 12.9. The van der Waals surface area contributed by atoms with Crippen molar-refractivity contribution >= 4 is 27.3 Å². The molecule has 1 aromatic rings. The van der Waals surface area contributed by atoms with Gasteiger partial charge < -0.3 is 14.6 Å². The van der Waals surface area contributed by atoms with Crippen LogP contribution in [-0.2, 0) is 19.5 Å². The highest BCUT2D eigenvalue weighted by atomic mass is 32.2. The molecule has 0 unspecified atom stereocenters. The van der Waals surface area contributed by atoms with E-state index in [1.165, 1.54) is 25.7 Å². The molecular formula is C11H17NO6S2. The van der Waals surface area contributed by atoms with Gasteiger partial charge >= 0.3 is 5.97 Å². The van der Waals surface area contributed by atoms with Gasteiger partial charge in [0.25, 0.3) is 0 Å². The van der Waals surface area contributed by atoms with Crippen molar-refractivity contribution in [2.24, 2.45) is 0 Å². The van der Waals surface area contributed by atoms with Crippen LogP contribution in [0, 0.1) is 0 Å². The van der Waals surface area contributed by atoms with Gasteiger partial charge in [-0.1, -0.05) is 0 Å². The summed E-state index contributed by atoms with van der Waals surface area (Å²) in [5, 5.41) is 10.5. The number of aromatic carboxylic acids is 1. The second-order valence-corrected chi connectivity index (χ2v) is 6.63. The second kappa shape index (κ2) is 7.70. The van der Waals surface area contributed by atoms with Crippen molar-refractivity contribution in [3.05, 3.63) is 16.3 Å². The zero-order chi connectivity index (χ0) is 15.2. The third kappa shape index (κ3) is 4.00. The number of sulfonamides is 1. The van der Waals surface area contributed by atoms with Gasteiger partial charge in [-0.15, -0.1) is 11.3 Å². The fourth-order valence-corrected chi connectivity index (χ4v) is 4.18. The number of methoxy groups -OCH3 is 2. The lowest BCUT2D eigenvalue weighted by molar-refractivity contribution is 0.0698. The summed E-state index contributed by atoms with van der Waals surface area (Å²) in [7, 11) is -0.942. The molecule has 114 valence electrons. The predicted octanol–water partition coefficient (Wildman–Crippen LogP) is 0.730. The van der Waals surface area contributed by atoms with Gasteiger partial charge in [0.05, 0.1) is 13.2 Å². The molecule has 9 heteroatoms. The summed E-state index contributed by atoms with van der Waals surface area (Å²) in [5.74, 6) is -1.25. The summed E-state index contributed by atoms with van der Waals surface area (Å²) in [5.41, 5.74) is 0. The molecule has 1 rings (SSSR count). The molecule has 0 amide bonds. The number of rotatable bonds is 9. The highest BCUT2D eigenvalue weighted by Crippen LogP contribution is 2.25. The van der Waals surface area contributed by atoms with Gasteiger partial charge in [0.1, 0.15) is 9.77 Å². The predicted molar refractivity (Wildman–Crippen MR) is 73.8 cm³/mol. The molecule has 0 atom stereocenters. The van der Waals surface area contributed by atoms with Crippen molar-refractivity contribution in [1.29, 1.82) is 0 Å². The van der Waals surface area contributed by atoms with E-state index in [2.05, 4.69) is 0 Å². The largest absolute Gasteiger partial charge is 0.477 e. The van der Waals surface area contributed by atoms with Crippen molar-refractivity contribution in [3.8, 4) is 0 Å². The molecule has 20 heavy (non-hydrogen) atoms. The third-order valence-electron chi connectivity index (χ3n) is 2.53. The van der Waals surface area contributed by atoms with Crippen LogP contribution in [0.15, 0.2) is 16.3 Å². The van der Waals surface area contributed by atoms with Gasteiger partial charge in [-0.2, -0.15) is 4.31 Å². The minimum absolute atomic E-state index is 0.136. The number of nitrogens with zero attached hydrogens (tertiary/aromatic N) is 1. The van der Waals surface area contributed by atoms with E-state index in [9.17, 15) is 13.2 Å². The van der Waals surface area contributed by atoms with Crippen LogP contribution in [0.25, 0.3) is 0 Å². The first-order valence-corrected chi connectivity index (χ1v) is 8.06.